The van der Waals surface area contributed by atoms with Crippen LogP contribution in [-0.4, -0.2) is 25.2 Å². The smallest absolute Gasteiger partial charge is 0.305 e. The van der Waals surface area contributed by atoms with Gasteiger partial charge in [0.15, 0.2) is 0 Å². The molecule has 0 atom stereocenters. The van der Waals surface area contributed by atoms with E-state index in [1.807, 2.05) is 13.8 Å². The molecular formula is C24H32Br2O4S2. The first-order valence-corrected chi connectivity index (χ1v) is 14.5. The molecule has 8 heteroatoms. The minimum absolute atomic E-state index is 0.0956. The average Bonchev–Trinajstić information content (AvgIpc) is 3.29. The number of rotatable bonds is 15. The van der Waals surface area contributed by atoms with Crippen molar-refractivity contribution in [3.63, 3.8) is 0 Å². The van der Waals surface area contributed by atoms with Crippen molar-refractivity contribution < 1.29 is 19.1 Å². The summed E-state index contributed by atoms with van der Waals surface area (Å²) in [5, 5.41) is 0. The van der Waals surface area contributed by atoms with Gasteiger partial charge in [-0.15, -0.1) is 22.7 Å². The molecule has 0 N–H and O–H groups in total. The van der Waals surface area contributed by atoms with E-state index in [0.717, 1.165) is 58.9 Å². The van der Waals surface area contributed by atoms with Crippen LogP contribution in [0.15, 0.2) is 19.7 Å². The van der Waals surface area contributed by atoms with Crippen LogP contribution in [0, 0.1) is 0 Å². The summed E-state index contributed by atoms with van der Waals surface area (Å²) in [5.41, 5.74) is 2.74. The Labute approximate surface area is 216 Å². The number of thiophene rings is 2. The summed E-state index contributed by atoms with van der Waals surface area (Å²) in [4.78, 5) is 25.7. The number of esters is 2. The second-order valence-electron chi connectivity index (χ2n) is 7.54. The summed E-state index contributed by atoms with van der Waals surface area (Å²) in [6.45, 7) is 4.59. The van der Waals surface area contributed by atoms with E-state index in [1.165, 1.54) is 20.9 Å². The number of ether oxygens (including phenoxy) is 2. The van der Waals surface area contributed by atoms with Crippen LogP contribution in [0.4, 0.5) is 0 Å². The van der Waals surface area contributed by atoms with Crippen molar-refractivity contribution in [3.05, 3.63) is 30.8 Å². The number of unbranched alkanes of at least 4 members (excludes halogenated alkanes) is 4. The molecule has 0 aliphatic carbocycles. The fourth-order valence-electron chi connectivity index (χ4n) is 3.54. The number of hydrogen-bond donors (Lipinski definition) is 0. The van der Waals surface area contributed by atoms with E-state index in [4.69, 9.17) is 9.47 Å². The molecule has 2 rings (SSSR count). The van der Waals surface area contributed by atoms with Gasteiger partial charge in [0.25, 0.3) is 0 Å². The van der Waals surface area contributed by atoms with Crippen LogP contribution in [0.1, 0.15) is 76.3 Å². The maximum atomic E-state index is 11.5. The molecule has 2 heterocycles. The molecule has 0 amide bonds. The van der Waals surface area contributed by atoms with Crippen LogP contribution in [0.2, 0.25) is 0 Å². The van der Waals surface area contributed by atoms with Crippen molar-refractivity contribution in [2.75, 3.05) is 13.2 Å². The third kappa shape index (κ3) is 9.65. The lowest BCUT2D eigenvalue weighted by atomic mass is 10.0. The number of hydrogen-bond acceptors (Lipinski definition) is 6. The molecule has 0 radical (unpaired) electrons. The molecule has 0 aliphatic rings. The minimum atomic E-state index is -0.0956. The van der Waals surface area contributed by atoms with Crippen LogP contribution in [0.25, 0.3) is 9.75 Å². The highest BCUT2D eigenvalue weighted by Gasteiger charge is 2.17. The highest BCUT2D eigenvalue weighted by molar-refractivity contribution is 9.11. The van der Waals surface area contributed by atoms with Crippen molar-refractivity contribution in [1.29, 1.82) is 0 Å². The zero-order valence-electron chi connectivity index (χ0n) is 18.8. The second kappa shape index (κ2) is 15.3. The first-order valence-electron chi connectivity index (χ1n) is 11.3. The molecule has 0 bridgehead atoms. The SMILES string of the molecule is CCOC(=O)CCCCCc1cc(Br)sc1-c1sc(Br)cc1CCCCCC(=O)OCC. The molecule has 2 aromatic heterocycles. The second-order valence-corrected chi connectivity index (χ2v) is 12.4. The minimum Gasteiger partial charge on any atom is -0.466 e. The van der Waals surface area contributed by atoms with Crippen molar-refractivity contribution in [3.8, 4) is 9.75 Å². The van der Waals surface area contributed by atoms with Crippen molar-refractivity contribution >= 4 is 66.5 Å². The van der Waals surface area contributed by atoms with Gasteiger partial charge in [-0.05, 0) is 107 Å². The summed E-state index contributed by atoms with van der Waals surface area (Å²) >= 11 is 10.9. The summed E-state index contributed by atoms with van der Waals surface area (Å²) in [5.74, 6) is -0.191. The maximum absolute atomic E-state index is 11.5. The molecule has 0 unspecified atom stereocenters. The highest BCUT2D eigenvalue weighted by atomic mass is 79.9. The molecule has 178 valence electrons. The van der Waals surface area contributed by atoms with Gasteiger partial charge < -0.3 is 9.47 Å². The molecule has 2 aromatic rings. The van der Waals surface area contributed by atoms with Gasteiger partial charge in [0.1, 0.15) is 0 Å². The van der Waals surface area contributed by atoms with Gasteiger partial charge in [-0.2, -0.15) is 0 Å². The largest absolute Gasteiger partial charge is 0.466 e. The molecule has 4 nitrogen and oxygen atoms in total. The topological polar surface area (TPSA) is 52.6 Å². The summed E-state index contributed by atoms with van der Waals surface area (Å²) in [7, 11) is 0. The van der Waals surface area contributed by atoms with Crippen LogP contribution >= 0.6 is 54.5 Å². The molecular weight excluding hydrogens is 576 g/mol. The van der Waals surface area contributed by atoms with Gasteiger partial charge in [0, 0.05) is 22.6 Å². The third-order valence-electron chi connectivity index (χ3n) is 5.03. The third-order valence-corrected chi connectivity index (χ3v) is 8.55. The standard InChI is InChI=1S/C24H32Br2O4S2/c1-3-29-21(27)13-9-5-7-11-17-15-19(25)31-23(17)24-18(16-20(26)32-24)12-8-6-10-14-22(28)30-4-2/h15-16H,3-14H2,1-2H3. The van der Waals surface area contributed by atoms with Gasteiger partial charge in [0.2, 0.25) is 0 Å². The Morgan fingerprint density at radius 3 is 1.50 bits per heavy atom. The lowest BCUT2D eigenvalue weighted by molar-refractivity contribution is -0.144. The maximum Gasteiger partial charge on any atom is 0.305 e. The fraction of sp³-hybridized carbons (Fsp3) is 0.583. The number of carbonyl (C=O) groups is 2. The van der Waals surface area contributed by atoms with Gasteiger partial charge in [-0.1, -0.05) is 12.8 Å². The van der Waals surface area contributed by atoms with E-state index in [0.29, 0.717) is 26.1 Å². The summed E-state index contributed by atoms with van der Waals surface area (Å²) in [6, 6.07) is 4.48. The Morgan fingerprint density at radius 1 is 0.719 bits per heavy atom. The normalized spacial score (nSPS) is 11.0. The van der Waals surface area contributed by atoms with Crippen LogP contribution in [0.3, 0.4) is 0 Å². The number of carbonyl (C=O) groups excluding carboxylic acids is 2. The lowest BCUT2D eigenvalue weighted by Gasteiger charge is -2.07. The average molecular weight is 608 g/mol. The predicted molar refractivity (Wildman–Crippen MR) is 141 cm³/mol. The van der Waals surface area contributed by atoms with Crippen molar-refractivity contribution in [2.45, 2.75) is 78.1 Å². The Balaban J connectivity index is 1.90. The predicted octanol–water partition coefficient (Wildman–Crippen LogP) is 8.33. The zero-order valence-corrected chi connectivity index (χ0v) is 23.7. The Morgan fingerprint density at radius 2 is 1.12 bits per heavy atom. The molecule has 0 saturated heterocycles. The molecule has 0 saturated carbocycles. The van der Waals surface area contributed by atoms with E-state index in [-0.39, 0.29) is 11.9 Å². The van der Waals surface area contributed by atoms with Crippen LogP contribution in [-0.2, 0) is 31.9 Å². The molecule has 0 aliphatic heterocycles. The van der Waals surface area contributed by atoms with E-state index in [2.05, 4.69) is 44.0 Å². The fourth-order valence-corrected chi connectivity index (χ4v) is 7.13. The van der Waals surface area contributed by atoms with Gasteiger partial charge in [-0.3, -0.25) is 9.59 Å². The van der Waals surface area contributed by atoms with E-state index in [9.17, 15) is 9.59 Å². The monoisotopic (exact) mass is 606 g/mol. The summed E-state index contributed by atoms with van der Waals surface area (Å²) in [6.07, 6.45) is 8.95. The van der Waals surface area contributed by atoms with Crippen molar-refractivity contribution in [1.82, 2.24) is 0 Å². The van der Waals surface area contributed by atoms with Crippen molar-refractivity contribution in [2.24, 2.45) is 0 Å². The lowest BCUT2D eigenvalue weighted by Crippen LogP contribution is -2.03. The number of aryl methyl sites for hydroxylation is 2. The quantitative estimate of drug-likeness (QED) is 0.151. The Bertz CT molecular complexity index is 790. The molecule has 0 aromatic carbocycles. The van der Waals surface area contributed by atoms with E-state index < -0.39 is 0 Å². The summed E-state index contributed by atoms with van der Waals surface area (Å²) < 4.78 is 12.3. The Kier molecular flexibility index (Phi) is 13.1. The molecule has 0 spiro atoms. The molecule has 32 heavy (non-hydrogen) atoms. The highest BCUT2D eigenvalue weighted by Crippen LogP contribution is 2.44. The van der Waals surface area contributed by atoms with Crippen LogP contribution in [0.5, 0.6) is 0 Å². The van der Waals surface area contributed by atoms with E-state index in [1.54, 1.807) is 22.7 Å². The Hall–Kier alpha value is -0.700. The first kappa shape index (κ1) is 27.5. The number of halogens is 2. The van der Waals surface area contributed by atoms with Gasteiger partial charge >= 0.3 is 11.9 Å². The zero-order chi connectivity index (χ0) is 23.3. The molecule has 0 fully saturated rings. The van der Waals surface area contributed by atoms with Gasteiger partial charge in [0.05, 0.1) is 20.8 Å². The van der Waals surface area contributed by atoms with Crippen LogP contribution < -0.4 is 0 Å². The first-order chi connectivity index (χ1) is 15.4. The van der Waals surface area contributed by atoms with Gasteiger partial charge in [-0.25, -0.2) is 0 Å². The van der Waals surface area contributed by atoms with E-state index >= 15 is 0 Å².